The lowest BCUT2D eigenvalue weighted by Gasteiger charge is -1.86. The number of hydrogen-bond donors (Lipinski definition) is 2. The molecule has 0 amide bonds. The molecule has 0 aromatic heterocycles. The molecule has 0 aromatic carbocycles. The smallest absolute Gasteiger partial charge is 0.0775 e. The molecule has 2 nitrogen and oxygen atoms in total. The summed E-state index contributed by atoms with van der Waals surface area (Å²) in [6.45, 7) is 1.36. The summed E-state index contributed by atoms with van der Waals surface area (Å²) >= 11 is 0. The van der Waals surface area contributed by atoms with Crippen LogP contribution < -0.4 is 5.32 Å². The van der Waals surface area contributed by atoms with E-state index < -0.39 is 0 Å². The SMILES string of the molecule is C[NH2+]CCCO. The van der Waals surface area contributed by atoms with Crippen molar-refractivity contribution >= 4 is 0 Å². The number of aliphatic hydroxyl groups excluding tert-OH is 1. The van der Waals surface area contributed by atoms with Crippen molar-refractivity contribution in [3.8, 4) is 0 Å². The topological polar surface area (TPSA) is 36.8 Å². The molecule has 3 N–H and O–H groups in total. The van der Waals surface area contributed by atoms with Gasteiger partial charge in [0.25, 0.3) is 0 Å². The van der Waals surface area contributed by atoms with Crippen LogP contribution in [0.5, 0.6) is 0 Å². The van der Waals surface area contributed by atoms with Gasteiger partial charge in [0, 0.05) is 13.0 Å². The Hall–Kier alpha value is -0.0800. The molecule has 0 heterocycles. The summed E-state index contributed by atoms with van der Waals surface area (Å²) in [5.41, 5.74) is 0. The minimum Gasteiger partial charge on any atom is -0.396 e. The van der Waals surface area contributed by atoms with Gasteiger partial charge in [-0.1, -0.05) is 0 Å². The Morgan fingerprint density at radius 2 is 2.33 bits per heavy atom. The highest BCUT2D eigenvalue weighted by molar-refractivity contribution is 4.21. The third kappa shape index (κ3) is 3.92. The first kappa shape index (κ1) is 5.92. The van der Waals surface area contributed by atoms with Crippen LogP contribution in [-0.2, 0) is 0 Å². The van der Waals surface area contributed by atoms with Crippen molar-refractivity contribution in [1.29, 1.82) is 0 Å². The third-order valence-corrected chi connectivity index (χ3v) is 0.651. The molecule has 0 spiro atoms. The van der Waals surface area contributed by atoms with Crippen LogP contribution in [0.1, 0.15) is 6.42 Å². The van der Waals surface area contributed by atoms with Crippen molar-refractivity contribution in [2.75, 3.05) is 20.2 Å². The van der Waals surface area contributed by atoms with Crippen molar-refractivity contribution in [3.05, 3.63) is 0 Å². The molecule has 2 heteroatoms. The van der Waals surface area contributed by atoms with Gasteiger partial charge in [-0.25, -0.2) is 0 Å². The Kier molecular flexibility index (Phi) is 4.85. The van der Waals surface area contributed by atoms with Gasteiger partial charge in [0.05, 0.1) is 13.6 Å². The van der Waals surface area contributed by atoms with E-state index in [0.29, 0.717) is 6.61 Å². The summed E-state index contributed by atoms with van der Waals surface area (Å²) in [5, 5.41) is 10.2. The quantitative estimate of drug-likeness (QED) is 0.409. The fourth-order valence-electron chi connectivity index (χ4n) is 0.295. The standard InChI is InChI=1S/C4H11NO/c1-5-3-2-4-6/h5-6H,2-4H2,1H3/p+1. The van der Waals surface area contributed by atoms with Crippen LogP contribution in [0.3, 0.4) is 0 Å². The van der Waals surface area contributed by atoms with E-state index in [1.54, 1.807) is 0 Å². The van der Waals surface area contributed by atoms with E-state index in [0.717, 1.165) is 13.0 Å². The van der Waals surface area contributed by atoms with Gasteiger partial charge in [0.1, 0.15) is 0 Å². The predicted octanol–water partition coefficient (Wildman–Crippen LogP) is -1.44. The van der Waals surface area contributed by atoms with Gasteiger partial charge in [0.2, 0.25) is 0 Å². The molecule has 0 fully saturated rings. The Balaban J connectivity index is 2.34. The largest absolute Gasteiger partial charge is 0.396 e. The van der Waals surface area contributed by atoms with Gasteiger partial charge in [-0.15, -0.1) is 0 Å². The molecular weight excluding hydrogens is 78.0 g/mol. The first-order chi connectivity index (χ1) is 2.91. The first-order valence-electron chi connectivity index (χ1n) is 2.30. The van der Waals surface area contributed by atoms with E-state index in [1.165, 1.54) is 0 Å². The van der Waals surface area contributed by atoms with Crippen LogP contribution >= 0.6 is 0 Å². The first-order valence-corrected chi connectivity index (χ1v) is 2.30. The number of nitrogens with two attached hydrogens (primary N) is 1. The van der Waals surface area contributed by atoms with Crippen LogP contribution in [-0.4, -0.2) is 25.3 Å². The number of rotatable bonds is 3. The second kappa shape index (κ2) is 4.92. The Morgan fingerprint density at radius 1 is 1.67 bits per heavy atom. The number of aliphatic hydroxyl groups is 1. The average molecular weight is 90.1 g/mol. The number of hydrogen-bond acceptors (Lipinski definition) is 1. The molecule has 0 saturated heterocycles. The number of quaternary nitrogens is 1. The fourth-order valence-corrected chi connectivity index (χ4v) is 0.295. The average Bonchev–Trinajstić information content (AvgIpc) is 1.61. The van der Waals surface area contributed by atoms with Crippen molar-refractivity contribution < 1.29 is 10.4 Å². The van der Waals surface area contributed by atoms with Crippen LogP contribution in [0.15, 0.2) is 0 Å². The molecule has 0 aliphatic rings. The summed E-state index contributed by atoms with van der Waals surface area (Å²) in [6.07, 6.45) is 0.913. The van der Waals surface area contributed by atoms with E-state index in [4.69, 9.17) is 5.11 Å². The molecule has 38 valence electrons. The van der Waals surface area contributed by atoms with Crippen LogP contribution in [0.4, 0.5) is 0 Å². The molecule has 0 saturated carbocycles. The zero-order valence-corrected chi connectivity index (χ0v) is 4.15. The Morgan fingerprint density at radius 3 is 2.50 bits per heavy atom. The van der Waals surface area contributed by atoms with Crippen molar-refractivity contribution in [2.24, 2.45) is 0 Å². The van der Waals surface area contributed by atoms with Gasteiger partial charge < -0.3 is 10.4 Å². The maximum atomic E-state index is 8.18. The van der Waals surface area contributed by atoms with Crippen LogP contribution in [0.2, 0.25) is 0 Å². The van der Waals surface area contributed by atoms with E-state index >= 15 is 0 Å². The molecular formula is C4H12NO+. The highest BCUT2D eigenvalue weighted by atomic mass is 16.3. The summed E-state index contributed by atoms with van der Waals surface area (Å²) in [5.74, 6) is 0. The molecule has 0 unspecified atom stereocenters. The summed E-state index contributed by atoms with van der Waals surface area (Å²) in [4.78, 5) is 0. The van der Waals surface area contributed by atoms with Gasteiger partial charge in [0.15, 0.2) is 0 Å². The van der Waals surface area contributed by atoms with Gasteiger partial charge >= 0.3 is 0 Å². The highest BCUT2D eigenvalue weighted by Gasteiger charge is 1.77. The normalized spacial score (nSPS) is 9.00. The van der Waals surface area contributed by atoms with Crippen molar-refractivity contribution in [3.63, 3.8) is 0 Å². The van der Waals surface area contributed by atoms with Gasteiger partial charge in [-0.05, 0) is 0 Å². The predicted molar refractivity (Wildman–Crippen MR) is 24.4 cm³/mol. The maximum absolute atomic E-state index is 8.18. The zero-order valence-electron chi connectivity index (χ0n) is 4.15. The molecule has 0 aliphatic carbocycles. The summed E-state index contributed by atoms with van der Waals surface area (Å²) < 4.78 is 0. The molecule has 6 heavy (non-hydrogen) atoms. The maximum Gasteiger partial charge on any atom is 0.0775 e. The zero-order chi connectivity index (χ0) is 4.83. The molecule has 0 aromatic rings. The van der Waals surface area contributed by atoms with Crippen LogP contribution in [0, 0.1) is 0 Å². The van der Waals surface area contributed by atoms with Gasteiger partial charge in [-0.2, -0.15) is 0 Å². The molecule has 0 radical (unpaired) electrons. The minimum absolute atomic E-state index is 0.324. The molecule has 0 rings (SSSR count). The fraction of sp³-hybridized carbons (Fsp3) is 1.00. The highest BCUT2D eigenvalue weighted by Crippen LogP contribution is 1.61. The van der Waals surface area contributed by atoms with E-state index in [2.05, 4.69) is 5.32 Å². The monoisotopic (exact) mass is 90.1 g/mol. The van der Waals surface area contributed by atoms with E-state index in [9.17, 15) is 0 Å². The molecule has 0 bridgehead atoms. The lowest BCUT2D eigenvalue weighted by molar-refractivity contribution is -0.627. The lowest BCUT2D eigenvalue weighted by atomic mass is 10.5. The second-order valence-electron chi connectivity index (χ2n) is 1.27. The van der Waals surface area contributed by atoms with Gasteiger partial charge in [-0.3, -0.25) is 0 Å². The Bertz CT molecular complexity index is 19.5. The van der Waals surface area contributed by atoms with Crippen molar-refractivity contribution in [1.82, 2.24) is 0 Å². The summed E-state index contributed by atoms with van der Waals surface area (Å²) in [6, 6.07) is 0. The van der Waals surface area contributed by atoms with Crippen molar-refractivity contribution in [2.45, 2.75) is 6.42 Å². The summed E-state index contributed by atoms with van der Waals surface area (Å²) in [7, 11) is 2.00. The van der Waals surface area contributed by atoms with E-state index in [-0.39, 0.29) is 0 Å². The minimum atomic E-state index is 0.324. The third-order valence-electron chi connectivity index (χ3n) is 0.651. The molecule has 0 aliphatic heterocycles. The Labute approximate surface area is 38.2 Å². The molecule has 0 atom stereocenters. The van der Waals surface area contributed by atoms with E-state index in [1.807, 2.05) is 7.05 Å². The second-order valence-corrected chi connectivity index (χ2v) is 1.27. The lowest BCUT2D eigenvalue weighted by Crippen LogP contribution is -2.79. The van der Waals surface area contributed by atoms with Crippen LogP contribution in [0.25, 0.3) is 0 Å².